The second kappa shape index (κ2) is 9.74. The maximum Gasteiger partial charge on any atom is 0.224 e. The molecule has 0 radical (unpaired) electrons. The molecule has 0 saturated carbocycles. The van der Waals surface area contributed by atoms with Gasteiger partial charge in [-0.15, -0.1) is 11.3 Å². The molecule has 1 amide bonds. The molecule has 2 aromatic rings. The van der Waals surface area contributed by atoms with Gasteiger partial charge in [0.05, 0.1) is 22.2 Å². The number of fused-ring (bicyclic) bond motifs is 2. The molecule has 0 aliphatic carbocycles. The van der Waals surface area contributed by atoms with E-state index >= 15 is 0 Å². The molecule has 3 heterocycles. The minimum Gasteiger partial charge on any atom is -0.370 e. The third-order valence-corrected chi connectivity index (χ3v) is 7.31. The van der Waals surface area contributed by atoms with E-state index < -0.39 is 6.04 Å². The Balaban J connectivity index is 1.45. The van der Waals surface area contributed by atoms with E-state index in [1.165, 1.54) is 24.2 Å². The number of guanidine groups is 1. The zero-order valence-electron chi connectivity index (χ0n) is 17.6. The lowest BCUT2D eigenvalue weighted by Crippen LogP contribution is -2.49. The number of benzene rings is 1. The van der Waals surface area contributed by atoms with Crippen LogP contribution in [0.15, 0.2) is 29.3 Å². The largest absolute Gasteiger partial charge is 0.370 e. The summed E-state index contributed by atoms with van der Waals surface area (Å²) in [4.78, 5) is 37.3. The van der Waals surface area contributed by atoms with Crippen LogP contribution in [0.1, 0.15) is 48.3 Å². The van der Waals surface area contributed by atoms with Crippen LogP contribution in [0, 0.1) is 5.92 Å². The maximum absolute atomic E-state index is 13.3. The Morgan fingerprint density at radius 3 is 2.90 bits per heavy atom. The molecule has 3 unspecified atom stereocenters. The molecule has 1 aromatic carbocycles. The lowest BCUT2D eigenvalue weighted by Gasteiger charge is -2.34. The van der Waals surface area contributed by atoms with Crippen molar-refractivity contribution >= 4 is 39.2 Å². The van der Waals surface area contributed by atoms with E-state index in [9.17, 15) is 9.59 Å². The number of thiazole rings is 1. The molecule has 8 nitrogen and oxygen atoms in total. The summed E-state index contributed by atoms with van der Waals surface area (Å²) >= 11 is 1.37. The quantitative estimate of drug-likeness (QED) is 0.248. The highest BCUT2D eigenvalue weighted by atomic mass is 32.1. The molecule has 2 aliphatic rings. The second-order valence-electron chi connectivity index (χ2n) is 8.43. The van der Waals surface area contributed by atoms with E-state index in [0.717, 1.165) is 36.1 Å². The number of aliphatic imine (C=N–C) groups is 1. The fourth-order valence-electron chi connectivity index (χ4n) is 4.63. The number of rotatable bonds is 8. The Bertz CT molecular complexity index is 937. The molecule has 31 heavy (non-hydrogen) atoms. The molecule has 166 valence electrons. The number of para-hydroxylation sites is 1. The summed E-state index contributed by atoms with van der Waals surface area (Å²) in [6.45, 7) is 2.27. The van der Waals surface area contributed by atoms with Gasteiger partial charge >= 0.3 is 0 Å². The van der Waals surface area contributed by atoms with E-state index in [0.29, 0.717) is 30.4 Å². The van der Waals surface area contributed by atoms with E-state index in [1.807, 2.05) is 24.3 Å². The van der Waals surface area contributed by atoms with Gasteiger partial charge in [0.1, 0.15) is 0 Å². The van der Waals surface area contributed by atoms with Crippen LogP contribution in [0.2, 0.25) is 0 Å². The highest BCUT2D eigenvalue weighted by Gasteiger charge is 2.36. The number of nitrogens with zero attached hydrogens (tertiary/aromatic N) is 3. The van der Waals surface area contributed by atoms with Crippen molar-refractivity contribution in [3.8, 4) is 0 Å². The fraction of sp³-hybridized carbons (Fsp3) is 0.545. The van der Waals surface area contributed by atoms with Crippen LogP contribution in [0.4, 0.5) is 0 Å². The Morgan fingerprint density at radius 1 is 1.26 bits per heavy atom. The van der Waals surface area contributed by atoms with Crippen molar-refractivity contribution in [3.63, 3.8) is 0 Å². The highest BCUT2D eigenvalue weighted by molar-refractivity contribution is 7.20. The maximum atomic E-state index is 13.3. The number of nitrogens with two attached hydrogens (primary N) is 2. The van der Waals surface area contributed by atoms with Crippen LogP contribution >= 0.6 is 11.3 Å². The van der Waals surface area contributed by atoms with Crippen LogP contribution in [0.25, 0.3) is 10.2 Å². The molecule has 1 aromatic heterocycles. The molecule has 2 fully saturated rings. The molecule has 2 aliphatic heterocycles. The van der Waals surface area contributed by atoms with E-state index in [1.54, 1.807) is 0 Å². The number of ketones is 1. The number of Topliss-reactive ketones (excluding diaryl/α,β-unsaturated/α-hetero) is 1. The van der Waals surface area contributed by atoms with Crippen LogP contribution in [-0.2, 0) is 4.79 Å². The number of hydrogen-bond acceptors (Lipinski definition) is 6. The zero-order chi connectivity index (χ0) is 21.8. The number of hydrogen-bond donors (Lipinski definition) is 3. The van der Waals surface area contributed by atoms with Gasteiger partial charge in [0, 0.05) is 19.1 Å². The van der Waals surface area contributed by atoms with Crippen LogP contribution in [0.3, 0.4) is 0 Å². The first-order valence-corrected chi connectivity index (χ1v) is 11.8. The first-order valence-electron chi connectivity index (χ1n) is 11.0. The standard InChI is InChI=1S/C22H30N6O2S/c23-22(24)25-11-3-7-17(19(29)21-27-16-6-1-2-8-18(16)31-21)26-20(30)14-9-10-15-5-4-12-28(15)13-14/h1-2,6,8,14-15,17H,3-5,7,9-13H2,(H,26,30)(H4,23,24,25). The summed E-state index contributed by atoms with van der Waals surface area (Å²) in [7, 11) is 0. The van der Waals surface area contributed by atoms with Gasteiger partial charge in [0.2, 0.25) is 11.7 Å². The van der Waals surface area contributed by atoms with Crippen molar-refractivity contribution < 1.29 is 9.59 Å². The number of nitrogens with one attached hydrogen (secondary N) is 1. The van der Waals surface area contributed by atoms with Gasteiger partial charge in [-0.3, -0.25) is 19.5 Å². The third-order valence-electron chi connectivity index (χ3n) is 6.26. The predicted molar refractivity (Wildman–Crippen MR) is 123 cm³/mol. The Morgan fingerprint density at radius 2 is 2.10 bits per heavy atom. The van der Waals surface area contributed by atoms with Crippen molar-refractivity contribution in [2.75, 3.05) is 19.6 Å². The summed E-state index contributed by atoms with van der Waals surface area (Å²) in [5, 5.41) is 3.47. The Hall–Kier alpha value is -2.52. The summed E-state index contributed by atoms with van der Waals surface area (Å²) < 4.78 is 0.962. The molecular formula is C22H30N6O2S. The smallest absolute Gasteiger partial charge is 0.224 e. The third kappa shape index (κ3) is 5.22. The topological polar surface area (TPSA) is 127 Å². The molecule has 4 rings (SSSR count). The SMILES string of the molecule is NC(N)=NCCCC(NC(=O)C1CCC2CCCN2C1)C(=O)c1nc2ccccc2s1. The van der Waals surface area contributed by atoms with Gasteiger partial charge < -0.3 is 16.8 Å². The highest BCUT2D eigenvalue weighted by Crippen LogP contribution is 2.30. The van der Waals surface area contributed by atoms with Gasteiger partial charge in [-0.1, -0.05) is 12.1 Å². The van der Waals surface area contributed by atoms with Crippen molar-refractivity contribution in [2.24, 2.45) is 22.4 Å². The molecule has 0 bridgehead atoms. The molecule has 0 spiro atoms. The lowest BCUT2D eigenvalue weighted by atomic mass is 9.92. The zero-order valence-corrected chi connectivity index (χ0v) is 18.4. The van der Waals surface area contributed by atoms with E-state index in [-0.39, 0.29) is 23.6 Å². The normalized spacial score (nSPS) is 22.1. The van der Waals surface area contributed by atoms with Crippen LogP contribution in [-0.4, -0.2) is 59.3 Å². The van der Waals surface area contributed by atoms with Gasteiger partial charge in [-0.2, -0.15) is 0 Å². The van der Waals surface area contributed by atoms with Gasteiger partial charge in [0.15, 0.2) is 11.0 Å². The van der Waals surface area contributed by atoms with Crippen molar-refractivity contribution in [2.45, 2.75) is 50.6 Å². The number of piperidine rings is 1. The number of carbonyl (C=O) groups is 2. The first kappa shape index (κ1) is 21.7. The molecule has 2 saturated heterocycles. The lowest BCUT2D eigenvalue weighted by molar-refractivity contribution is -0.127. The molecule has 9 heteroatoms. The average Bonchev–Trinajstić information content (AvgIpc) is 3.41. The minimum atomic E-state index is -0.626. The predicted octanol–water partition coefficient (Wildman–Crippen LogP) is 1.89. The van der Waals surface area contributed by atoms with Gasteiger partial charge in [-0.05, 0) is 57.2 Å². The van der Waals surface area contributed by atoms with Crippen LogP contribution in [0.5, 0.6) is 0 Å². The van der Waals surface area contributed by atoms with Gasteiger partial charge in [-0.25, -0.2) is 4.98 Å². The Labute approximate surface area is 186 Å². The van der Waals surface area contributed by atoms with E-state index in [2.05, 4.69) is 20.2 Å². The Kier molecular flexibility index (Phi) is 6.82. The second-order valence-corrected chi connectivity index (χ2v) is 9.46. The monoisotopic (exact) mass is 442 g/mol. The summed E-state index contributed by atoms with van der Waals surface area (Å²) in [6.07, 6.45) is 5.44. The average molecular weight is 443 g/mol. The summed E-state index contributed by atoms with van der Waals surface area (Å²) in [5.41, 5.74) is 11.6. The van der Waals surface area contributed by atoms with Crippen LogP contribution < -0.4 is 16.8 Å². The number of amides is 1. The van der Waals surface area contributed by atoms with Crippen molar-refractivity contribution in [3.05, 3.63) is 29.3 Å². The van der Waals surface area contributed by atoms with Gasteiger partial charge in [0.25, 0.3) is 0 Å². The summed E-state index contributed by atoms with van der Waals surface area (Å²) in [5.74, 6) is -0.223. The molecular weight excluding hydrogens is 412 g/mol. The number of aromatic nitrogens is 1. The van der Waals surface area contributed by atoms with Crippen molar-refractivity contribution in [1.29, 1.82) is 0 Å². The molecule has 3 atom stereocenters. The fourth-order valence-corrected chi connectivity index (χ4v) is 5.59. The minimum absolute atomic E-state index is 0.0282. The van der Waals surface area contributed by atoms with Crippen molar-refractivity contribution in [1.82, 2.24) is 15.2 Å². The van der Waals surface area contributed by atoms with E-state index in [4.69, 9.17) is 11.5 Å². The number of carbonyl (C=O) groups excluding carboxylic acids is 2. The summed E-state index contributed by atoms with van der Waals surface area (Å²) in [6, 6.07) is 7.67. The first-order chi connectivity index (χ1) is 15.0. The molecule has 5 N–H and O–H groups in total.